The molecule has 1 aliphatic carbocycles. The van der Waals surface area contributed by atoms with E-state index in [2.05, 4.69) is 30.2 Å². The minimum Gasteiger partial charge on any atom is -0.361 e. The summed E-state index contributed by atoms with van der Waals surface area (Å²) in [5.74, 6) is -0.0501. The van der Waals surface area contributed by atoms with Gasteiger partial charge in [0, 0.05) is 23.1 Å². The van der Waals surface area contributed by atoms with Crippen molar-refractivity contribution in [3.05, 3.63) is 36.0 Å². The maximum Gasteiger partial charge on any atom is 0.237 e. The third-order valence-electron chi connectivity index (χ3n) is 4.28. The van der Waals surface area contributed by atoms with Crippen LogP contribution in [0.1, 0.15) is 25.8 Å². The highest BCUT2D eigenvalue weighted by molar-refractivity contribution is 5.86. The van der Waals surface area contributed by atoms with Gasteiger partial charge in [0.15, 0.2) is 0 Å². The van der Waals surface area contributed by atoms with E-state index in [-0.39, 0.29) is 17.4 Å². The van der Waals surface area contributed by atoms with Crippen LogP contribution in [0, 0.1) is 5.41 Å². The molecule has 0 aliphatic heterocycles. The van der Waals surface area contributed by atoms with E-state index in [0.29, 0.717) is 6.42 Å². The van der Waals surface area contributed by atoms with Gasteiger partial charge in [-0.15, -0.1) is 0 Å². The Balaban J connectivity index is 1.66. The van der Waals surface area contributed by atoms with Gasteiger partial charge in [-0.25, -0.2) is 0 Å². The number of rotatable bonds is 4. The van der Waals surface area contributed by atoms with Crippen molar-refractivity contribution in [1.82, 2.24) is 10.3 Å². The first-order chi connectivity index (χ1) is 9.47. The zero-order chi connectivity index (χ0) is 14.3. The van der Waals surface area contributed by atoms with Crippen molar-refractivity contribution in [2.45, 2.75) is 38.8 Å². The Bertz CT molecular complexity index is 644. The monoisotopic (exact) mass is 271 g/mol. The van der Waals surface area contributed by atoms with Crippen molar-refractivity contribution in [2.75, 3.05) is 0 Å². The predicted octanol–water partition coefficient (Wildman–Crippen LogP) is 1.95. The number of nitrogens with one attached hydrogen (secondary N) is 2. The molecule has 1 unspecified atom stereocenters. The normalized spacial score (nSPS) is 21.6. The number of benzene rings is 1. The van der Waals surface area contributed by atoms with Crippen LogP contribution in [0.3, 0.4) is 0 Å². The van der Waals surface area contributed by atoms with Crippen LogP contribution in [-0.4, -0.2) is 23.0 Å². The summed E-state index contributed by atoms with van der Waals surface area (Å²) in [6.45, 7) is 4.31. The number of carbonyl (C=O) groups excluding carboxylic acids is 1. The van der Waals surface area contributed by atoms with Crippen molar-refractivity contribution >= 4 is 16.8 Å². The minimum atomic E-state index is -0.495. The van der Waals surface area contributed by atoms with Crippen LogP contribution in [0.2, 0.25) is 0 Å². The van der Waals surface area contributed by atoms with Crippen LogP contribution in [-0.2, 0) is 11.2 Å². The van der Waals surface area contributed by atoms with Gasteiger partial charge in [-0.1, -0.05) is 32.0 Å². The first-order valence-electron chi connectivity index (χ1n) is 7.08. The van der Waals surface area contributed by atoms with Crippen LogP contribution in [0.25, 0.3) is 10.9 Å². The molecule has 1 heterocycles. The molecule has 4 heteroatoms. The highest BCUT2D eigenvalue weighted by Crippen LogP contribution is 2.44. The number of H-pyrrole nitrogens is 1. The van der Waals surface area contributed by atoms with Gasteiger partial charge >= 0.3 is 0 Å². The molecule has 106 valence electrons. The Morgan fingerprint density at radius 1 is 1.50 bits per heavy atom. The Morgan fingerprint density at radius 2 is 2.20 bits per heavy atom. The number of hydrogen-bond acceptors (Lipinski definition) is 2. The van der Waals surface area contributed by atoms with E-state index in [9.17, 15) is 4.79 Å². The molecule has 1 saturated carbocycles. The van der Waals surface area contributed by atoms with Crippen LogP contribution in [0.4, 0.5) is 0 Å². The van der Waals surface area contributed by atoms with Gasteiger partial charge in [-0.05, 0) is 29.9 Å². The summed E-state index contributed by atoms with van der Waals surface area (Å²) in [4.78, 5) is 15.3. The van der Waals surface area contributed by atoms with Crippen LogP contribution < -0.4 is 11.1 Å². The first-order valence-corrected chi connectivity index (χ1v) is 7.08. The number of nitrogens with two attached hydrogens (primary N) is 1. The number of para-hydroxylation sites is 1. The molecule has 4 nitrogen and oxygen atoms in total. The molecular weight excluding hydrogens is 250 g/mol. The molecule has 1 aromatic heterocycles. The van der Waals surface area contributed by atoms with Gasteiger partial charge in [-0.3, -0.25) is 4.79 Å². The fourth-order valence-electron chi connectivity index (χ4n) is 2.62. The molecule has 0 spiro atoms. The lowest BCUT2D eigenvalue weighted by atomic mass is 10.0. The van der Waals surface area contributed by atoms with Crippen molar-refractivity contribution in [3.8, 4) is 0 Å². The second-order valence-corrected chi connectivity index (χ2v) is 6.42. The lowest BCUT2D eigenvalue weighted by molar-refractivity contribution is -0.122. The summed E-state index contributed by atoms with van der Waals surface area (Å²) in [5.41, 5.74) is 8.45. The Kier molecular flexibility index (Phi) is 3.05. The SMILES string of the molecule is CC1(C)CC1NC(=O)[C@H](N)Cc1c[nH]c2ccccc12. The lowest BCUT2D eigenvalue weighted by Gasteiger charge is -2.13. The molecule has 0 bridgehead atoms. The van der Waals surface area contributed by atoms with E-state index in [1.165, 1.54) is 0 Å². The molecule has 0 radical (unpaired) electrons. The van der Waals surface area contributed by atoms with Gasteiger partial charge in [0.2, 0.25) is 5.91 Å². The molecule has 20 heavy (non-hydrogen) atoms. The van der Waals surface area contributed by atoms with E-state index < -0.39 is 6.04 Å². The highest BCUT2D eigenvalue weighted by Gasteiger charge is 2.46. The number of amides is 1. The van der Waals surface area contributed by atoms with Crippen molar-refractivity contribution in [1.29, 1.82) is 0 Å². The maximum absolute atomic E-state index is 12.1. The van der Waals surface area contributed by atoms with Gasteiger partial charge in [0.25, 0.3) is 0 Å². The van der Waals surface area contributed by atoms with Crippen molar-refractivity contribution in [3.63, 3.8) is 0 Å². The average molecular weight is 271 g/mol. The average Bonchev–Trinajstić information content (AvgIpc) is 2.84. The first kappa shape index (κ1) is 13.2. The zero-order valence-electron chi connectivity index (χ0n) is 11.9. The van der Waals surface area contributed by atoms with Crippen LogP contribution >= 0.6 is 0 Å². The molecule has 1 amide bonds. The van der Waals surface area contributed by atoms with E-state index in [1.807, 2.05) is 24.4 Å². The van der Waals surface area contributed by atoms with Crippen LogP contribution in [0.15, 0.2) is 30.5 Å². The molecule has 1 fully saturated rings. The highest BCUT2D eigenvalue weighted by atomic mass is 16.2. The Morgan fingerprint density at radius 3 is 2.90 bits per heavy atom. The number of aromatic amines is 1. The van der Waals surface area contributed by atoms with E-state index >= 15 is 0 Å². The number of hydrogen-bond donors (Lipinski definition) is 3. The summed E-state index contributed by atoms with van der Waals surface area (Å²) in [5, 5.41) is 4.17. The predicted molar refractivity (Wildman–Crippen MR) is 80.3 cm³/mol. The van der Waals surface area contributed by atoms with Crippen LogP contribution in [0.5, 0.6) is 0 Å². The Labute approximate surface area is 118 Å². The molecule has 0 saturated heterocycles. The van der Waals surface area contributed by atoms with Crippen molar-refractivity contribution in [2.24, 2.45) is 11.1 Å². The molecule has 1 aliphatic rings. The third kappa shape index (κ3) is 2.43. The number of carbonyl (C=O) groups is 1. The molecule has 3 rings (SSSR count). The smallest absolute Gasteiger partial charge is 0.237 e. The summed E-state index contributed by atoms with van der Waals surface area (Å²) in [6.07, 6.45) is 3.54. The number of fused-ring (bicyclic) bond motifs is 1. The minimum absolute atomic E-state index is 0.0501. The summed E-state index contributed by atoms with van der Waals surface area (Å²) >= 11 is 0. The standard InChI is InChI=1S/C16H21N3O/c1-16(2)8-14(16)19-15(20)12(17)7-10-9-18-13-6-4-3-5-11(10)13/h3-6,9,12,14,18H,7-8,17H2,1-2H3,(H,19,20)/t12-,14?/m1/s1. The summed E-state index contributed by atoms with van der Waals surface area (Å²) in [7, 11) is 0. The molecule has 2 aromatic rings. The molecular formula is C16H21N3O. The summed E-state index contributed by atoms with van der Waals surface area (Å²) in [6, 6.07) is 7.85. The maximum atomic E-state index is 12.1. The van der Waals surface area contributed by atoms with Gasteiger partial charge in [-0.2, -0.15) is 0 Å². The fraction of sp³-hybridized carbons (Fsp3) is 0.438. The number of aromatic nitrogens is 1. The topological polar surface area (TPSA) is 70.9 Å². The molecule has 2 atom stereocenters. The Hall–Kier alpha value is -1.81. The fourth-order valence-corrected chi connectivity index (χ4v) is 2.62. The van der Waals surface area contributed by atoms with Crippen molar-refractivity contribution < 1.29 is 4.79 Å². The third-order valence-corrected chi connectivity index (χ3v) is 4.28. The van der Waals surface area contributed by atoms with Gasteiger partial charge in [0.05, 0.1) is 6.04 Å². The zero-order valence-corrected chi connectivity index (χ0v) is 11.9. The van der Waals surface area contributed by atoms with E-state index in [0.717, 1.165) is 22.9 Å². The second-order valence-electron chi connectivity index (χ2n) is 6.42. The largest absolute Gasteiger partial charge is 0.361 e. The summed E-state index contributed by atoms with van der Waals surface area (Å²) < 4.78 is 0. The quantitative estimate of drug-likeness (QED) is 0.795. The molecule has 1 aromatic carbocycles. The van der Waals surface area contributed by atoms with E-state index in [4.69, 9.17) is 5.73 Å². The second kappa shape index (κ2) is 4.63. The van der Waals surface area contributed by atoms with Gasteiger partial charge in [0.1, 0.15) is 0 Å². The van der Waals surface area contributed by atoms with E-state index in [1.54, 1.807) is 0 Å². The molecule has 4 N–H and O–H groups in total. The lowest BCUT2D eigenvalue weighted by Crippen LogP contribution is -2.43. The van der Waals surface area contributed by atoms with Gasteiger partial charge < -0.3 is 16.0 Å².